The Morgan fingerprint density at radius 2 is 2.38 bits per heavy atom. The van der Waals surface area contributed by atoms with Crippen LogP contribution in [0.3, 0.4) is 0 Å². The lowest BCUT2D eigenvalue weighted by Crippen LogP contribution is -2.05. The fourth-order valence-electron chi connectivity index (χ4n) is 1.17. The van der Waals surface area contributed by atoms with Gasteiger partial charge >= 0.3 is 5.97 Å². The molecule has 8 nitrogen and oxygen atoms in total. The zero-order valence-corrected chi connectivity index (χ0v) is 8.86. The van der Waals surface area contributed by atoms with Crippen LogP contribution in [0.4, 0.5) is 0 Å². The van der Waals surface area contributed by atoms with Gasteiger partial charge in [-0.05, 0) is 17.4 Å². The molecule has 0 unspecified atom stereocenters. The van der Waals surface area contributed by atoms with Crippen LogP contribution in [0.1, 0.15) is 17.3 Å². The monoisotopic (exact) mass is 222 g/mol. The molecule has 2 aromatic heterocycles. The van der Waals surface area contributed by atoms with Gasteiger partial charge in [-0.2, -0.15) is 5.10 Å². The van der Waals surface area contributed by atoms with Crippen molar-refractivity contribution in [2.45, 2.75) is 6.92 Å². The molecular formula is C8H10N6O2. The molecule has 0 N–H and O–H groups in total. The fourth-order valence-corrected chi connectivity index (χ4v) is 1.17. The summed E-state index contributed by atoms with van der Waals surface area (Å²) >= 11 is 0. The van der Waals surface area contributed by atoms with Crippen molar-refractivity contribution in [2.24, 2.45) is 7.05 Å². The molecule has 8 heteroatoms. The fraction of sp³-hybridized carbons (Fsp3) is 0.375. The van der Waals surface area contributed by atoms with Gasteiger partial charge in [-0.15, -0.1) is 0 Å². The first-order chi connectivity index (χ1) is 7.72. The highest BCUT2D eigenvalue weighted by molar-refractivity contribution is 5.88. The summed E-state index contributed by atoms with van der Waals surface area (Å²) in [5.41, 5.74) is 0.366. The average molecular weight is 222 g/mol. The van der Waals surface area contributed by atoms with Crippen molar-refractivity contribution in [3.63, 3.8) is 0 Å². The molecule has 2 rings (SSSR count). The summed E-state index contributed by atoms with van der Waals surface area (Å²) in [6.45, 7) is 2.07. The number of hydrogen-bond acceptors (Lipinski definition) is 6. The number of rotatable bonds is 3. The van der Waals surface area contributed by atoms with E-state index in [1.807, 2.05) is 0 Å². The second-order valence-corrected chi connectivity index (χ2v) is 3.00. The standard InChI is InChI=1S/C8H10N6O2/c1-3-16-7(15)6-4-9-14(5-6)8-10-11-12-13(8)2/h4-5H,3H2,1-2H3. The third kappa shape index (κ3) is 1.76. The molecule has 2 heterocycles. The van der Waals surface area contributed by atoms with Crippen LogP contribution in [0.15, 0.2) is 12.4 Å². The molecule has 0 saturated heterocycles. The zero-order valence-electron chi connectivity index (χ0n) is 8.86. The van der Waals surface area contributed by atoms with Crippen LogP contribution in [0.2, 0.25) is 0 Å². The van der Waals surface area contributed by atoms with Crippen molar-refractivity contribution in [3.05, 3.63) is 18.0 Å². The number of ether oxygens (including phenoxy) is 1. The van der Waals surface area contributed by atoms with Crippen molar-refractivity contribution in [1.29, 1.82) is 0 Å². The average Bonchev–Trinajstić information content (AvgIpc) is 2.86. The van der Waals surface area contributed by atoms with E-state index in [2.05, 4.69) is 20.6 Å². The Morgan fingerprint density at radius 1 is 1.56 bits per heavy atom. The third-order valence-corrected chi connectivity index (χ3v) is 1.90. The van der Waals surface area contributed by atoms with Gasteiger partial charge in [0.05, 0.1) is 18.4 Å². The predicted octanol–water partition coefficient (Wildman–Crippen LogP) is -0.428. The lowest BCUT2D eigenvalue weighted by molar-refractivity contribution is 0.0526. The van der Waals surface area contributed by atoms with Gasteiger partial charge in [0.15, 0.2) is 0 Å². The number of esters is 1. The third-order valence-electron chi connectivity index (χ3n) is 1.90. The normalized spacial score (nSPS) is 10.4. The zero-order chi connectivity index (χ0) is 11.5. The molecule has 0 bridgehead atoms. The van der Waals surface area contributed by atoms with Crippen LogP contribution in [-0.2, 0) is 11.8 Å². The molecule has 84 valence electrons. The van der Waals surface area contributed by atoms with Crippen LogP contribution in [0, 0.1) is 0 Å². The summed E-state index contributed by atoms with van der Waals surface area (Å²) in [6, 6.07) is 0. The van der Waals surface area contributed by atoms with Crippen molar-refractivity contribution in [3.8, 4) is 5.95 Å². The highest BCUT2D eigenvalue weighted by atomic mass is 16.5. The maximum atomic E-state index is 11.4. The van der Waals surface area contributed by atoms with Crippen molar-refractivity contribution >= 4 is 5.97 Å². The Morgan fingerprint density at radius 3 is 3.00 bits per heavy atom. The first kappa shape index (κ1) is 10.3. The van der Waals surface area contributed by atoms with E-state index in [1.165, 1.54) is 21.8 Å². The van der Waals surface area contributed by atoms with Gasteiger partial charge in [-0.25, -0.2) is 14.2 Å². The van der Waals surface area contributed by atoms with Gasteiger partial charge in [0, 0.05) is 13.2 Å². The number of hydrogen-bond donors (Lipinski definition) is 0. The molecule has 0 fully saturated rings. The molecule has 2 aromatic rings. The van der Waals surface area contributed by atoms with Crippen LogP contribution < -0.4 is 0 Å². The quantitative estimate of drug-likeness (QED) is 0.655. The van der Waals surface area contributed by atoms with E-state index in [4.69, 9.17) is 4.74 Å². The smallest absolute Gasteiger partial charge is 0.341 e. The van der Waals surface area contributed by atoms with Crippen molar-refractivity contribution in [2.75, 3.05) is 6.61 Å². The Bertz CT molecular complexity index is 502. The first-order valence-corrected chi connectivity index (χ1v) is 4.67. The molecule has 16 heavy (non-hydrogen) atoms. The molecule has 0 radical (unpaired) electrons. The molecule has 0 amide bonds. The van der Waals surface area contributed by atoms with Gasteiger partial charge in [0.2, 0.25) is 0 Å². The SMILES string of the molecule is CCOC(=O)c1cnn(-c2nnnn2C)c1. The lowest BCUT2D eigenvalue weighted by Gasteiger charge is -1.97. The minimum absolute atomic E-state index is 0.329. The predicted molar refractivity (Wildman–Crippen MR) is 51.9 cm³/mol. The van der Waals surface area contributed by atoms with Crippen LogP contribution in [-0.4, -0.2) is 42.6 Å². The molecule has 0 aliphatic rings. The van der Waals surface area contributed by atoms with E-state index in [0.717, 1.165) is 0 Å². The number of carbonyl (C=O) groups is 1. The molecule has 0 aliphatic carbocycles. The number of aromatic nitrogens is 6. The van der Waals surface area contributed by atoms with Gasteiger partial charge < -0.3 is 4.74 Å². The van der Waals surface area contributed by atoms with E-state index in [1.54, 1.807) is 14.0 Å². The van der Waals surface area contributed by atoms with Gasteiger partial charge in [0.1, 0.15) is 0 Å². The summed E-state index contributed by atoms with van der Waals surface area (Å²) in [5.74, 6) is 0.0134. The summed E-state index contributed by atoms with van der Waals surface area (Å²) in [7, 11) is 1.68. The summed E-state index contributed by atoms with van der Waals surface area (Å²) in [6.07, 6.45) is 2.93. The van der Waals surface area contributed by atoms with Gasteiger partial charge in [-0.1, -0.05) is 5.10 Å². The highest BCUT2D eigenvalue weighted by Gasteiger charge is 2.12. The molecule has 0 spiro atoms. The second-order valence-electron chi connectivity index (χ2n) is 3.00. The van der Waals surface area contributed by atoms with E-state index in [9.17, 15) is 4.79 Å². The molecule has 0 atom stereocenters. The molecule has 0 aromatic carbocycles. The molecular weight excluding hydrogens is 212 g/mol. The highest BCUT2D eigenvalue weighted by Crippen LogP contribution is 2.04. The Balaban J connectivity index is 2.26. The Labute approximate surface area is 90.8 Å². The van der Waals surface area contributed by atoms with Crippen LogP contribution in [0.25, 0.3) is 5.95 Å². The van der Waals surface area contributed by atoms with Crippen molar-refractivity contribution < 1.29 is 9.53 Å². The van der Waals surface area contributed by atoms with Crippen LogP contribution >= 0.6 is 0 Å². The van der Waals surface area contributed by atoms with E-state index >= 15 is 0 Å². The van der Waals surface area contributed by atoms with Crippen molar-refractivity contribution in [1.82, 2.24) is 30.0 Å². The minimum Gasteiger partial charge on any atom is -0.462 e. The largest absolute Gasteiger partial charge is 0.462 e. The number of tetrazole rings is 1. The first-order valence-electron chi connectivity index (χ1n) is 4.67. The number of carbonyl (C=O) groups excluding carboxylic acids is 1. The number of nitrogens with zero attached hydrogens (tertiary/aromatic N) is 6. The maximum absolute atomic E-state index is 11.4. The Hall–Kier alpha value is -2.25. The van der Waals surface area contributed by atoms with E-state index in [-0.39, 0.29) is 0 Å². The minimum atomic E-state index is -0.413. The summed E-state index contributed by atoms with van der Waals surface area (Å²) in [4.78, 5) is 11.4. The van der Waals surface area contributed by atoms with E-state index < -0.39 is 5.97 Å². The Kier molecular flexibility index (Phi) is 2.63. The number of aryl methyl sites for hydroxylation is 1. The van der Waals surface area contributed by atoms with E-state index in [0.29, 0.717) is 18.1 Å². The molecule has 0 aliphatic heterocycles. The maximum Gasteiger partial charge on any atom is 0.341 e. The molecule has 0 saturated carbocycles. The van der Waals surface area contributed by atoms with Gasteiger partial charge in [0.25, 0.3) is 5.95 Å². The second kappa shape index (κ2) is 4.09. The van der Waals surface area contributed by atoms with Gasteiger partial charge in [-0.3, -0.25) is 0 Å². The lowest BCUT2D eigenvalue weighted by atomic mass is 10.4. The van der Waals surface area contributed by atoms with Crippen LogP contribution in [0.5, 0.6) is 0 Å². The summed E-state index contributed by atoms with van der Waals surface area (Å²) in [5, 5.41) is 14.9. The summed E-state index contributed by atoms with van der Waals surface area (Å²) < 4.78 is 7.69. The topological polar surface area (TPSA) is 87.7 Å².